The number of aromatic nitrogens is 2. The van der Waals surface area contributed by atoms with Crippen molar-refractivity contribution in [3.05, 3.63) is 70.2 Å². The van der Waals surface area contributed by atoms with Gasteiger partial charge in [0.2, 0.25) is 0 Å². The maximum absolute atomic E-state index is 11.8. The van der Waals surface area contributed by atoms with Gasteiger partial charge in [0.25, 0.3) is 0 Å². The molecule has 94 valence electrons. The van der Waals surface area contributed by atoms with Crippen molar-refractivity contribution in [1.29, 1.82) is 0 Å². The summed E-state index contributed by atoms with van der Waals surface area (Å²) in [7, 11) is 0. The zero-order chi connectivity index (χ0) is 13.2. The van der Waals surface area contributed by atoms with Gasteiger partial charge in [0.05, 0.1) is 5.69 Å². The summed E-state index contributed by atoms with van der Waals surface area (Å²) in [6.45, 7) is 0. The van der Waals surface area contributed by atoms with Gasteiger partial charge in [-0.1, -0.05) is 53.2 Å². The SMILES string of the molecule is O=c1onc(-c2ccccc2)n1-c1cccc(Cl)c1. The van der Waals surface area contributed by atoms with Crippen LogP contribution >= 0.6 is 11.6 Å². The van der Waals surface area contributed by atoms with Gasteiger partial charge in [0, 0.05) is 10.6 Å². The Labute approximate surface area is 113 Å². The molecule has 1 aromatic heterocycles. The average molecular weight is 273 g/mol. The fourth-order valence-corrected chi connectivity index (χ4v) is 2.05. The minimum atomic E-state index is -0.541. The lowest BCUT2D eigenvalue weighted by Gasteiger charge is -2.04. The second-order valence-corrected chi connectivity index (χ2v) is 4.39. The molecule has 1 heterocycles. The van der Waals surface area contributed by atoms with E-state index in [9.17, 15) is 4.79 Å². The Balaban J connectivity index is 2.23. The van der Waals surface area contributed by atoms with Gasteiger partial charge in [0.1, 0.15) is 0 Å². The van der Waals surface area contributed by atoms with Crippen LogP contribution in [0.25, 0.3) is 17.1 Å². The minimum absolute atomic E-state index is 0.452. The Bertz CT molecular complexity index is 762. The second kappa shape index (κ2) is 4.74. The van der Waals surface area contributed by atoms with E-state index in [1.54, 1.807) is 24.3 Å². The van der Waals surface area contributed by atoms with Crippen LogP contribution in [0.1, 0.15) is 0 Å². The van der Waals surface area contributed by atoms with Crippen LogP contribution in [-0.2, 0) is 0 Å². The molecule has 3 rings (SSSR count). The van der Waals surface area contributed by atoms with E-state index in [0.29, 0.717) is 16.5 Å². The molecule has 0 amide bonds. The van der Waals surface area contributed by atoms with Crippen LogP contribution < -0.4 is 5.76 Å². The van der Waals surface area contributed by atoms with Crippen LogP contribution in [0.15, 0.2) is 63.9 Å². The topological polar surface area (TPSA) is 48.0 Å². The van der Waals surface area contributed by atoms with Crippen molar-refractivity contribution in [2.24, 2.45) is 0 Å². The van der Waals surface area contributed by atoms with E-state index in [1.807, 2.05) is 30.3 Å². The normalized spacial score (nSPS) is 10.6. The highest BCUT2D eigenvalue weighted by atomic mass is 35.5. The molecule has 0 aliphatic rings. The number of halogens is 1. The zero-order valence-corrected chi connectivity index (χ0v) is 10.5. The van der Waals surface area contributed by atoms with E-state index in [1.165, 1.54) is 4.57 Å². The Morgan fingerprint density at radius 3 is 2.58 bits per heavy atom. The first-order valence-corrected chi connectivity index (χ1v) is 6.03. The highest BCUT2D eigenvalue weighted by Crippen LogP contribution is 2.20. The van der Waals surface area contributed by atoms with Gasteiger partial charge in [-0.05, 0) is 18.2 Å². The summed E-state index contributed by atoms with van der Waals surface area (Å²) in [5, 5.41) is 4.37. The Morgan fingerprint density at radius 2 is 1.84 bits per heavy atom. The quantitative estimate of drug-likeness (QED) is 0.720. The van der Waals surface area contributed by atoms with Crippen LogP contribution in [0.4, 0.5) is 0 Å². The highest BCUT2D eigenvalue weighted by Gasteiger charge is 2.14. The summed E-state index contributed by atoms with van der Waals surface area (Å²) in [6, 6.07) is 16.3. The van der Waals surface area contributed by atoms with Crippen molar-refractivity contribution >= 4 is 11.6 Å². The van der Waals surface area contributed by atoms with Crippen LogP contribution in [0.3, 0.4) is 0 Å². The van der Waals surface area contributed by atoms with E-state index in [-0.39, 0.29) is 0 Å². The molecule has 19 heavy (non-hydrogen) atoms. The van der Waals surface area contributed by atoms with Crippen LogP contribution in [0.5, 0.6) is 0 Å². The monoisotopic (exact) mass is 272 g/mol. The number of benzene rings is 2. The third-order valence-corrected chi connectivity index (χ3v) is 2.94. The number of rotatable bonds is 2. The average Bonchev–Trinajstić information content (AvgIpc) is 2.82. The van der Waals surface area contributed by atoms with Crippen LogP contribution in [0.2, 0.25) is 5.02 Å². The fraction of sp³-hybridized carbons (Fsp3) is 0. The van der Waals surface area contributed by atoms with Gasteiger partial charge in [-0.2, -0.15) is 0 Å². The molecule has 0 fully saturated rings. The molecule has 0 unspecified atom stereocenters. The van der Waals surface area contributed by atoms with Crippen molar-refractivity contribution in [3.8, 4) is 17.1 Å². The number of nitrogens with zero attached hydrogens (tertiary/aromatic N) is 2. The van der Waals surface area contributed by atoms with Gasteiger partial charge in [-0.3, -0.25) is 4.52 Å². The van der Waals surface area contributed by atoms with Crippen LogP contribution in [0, 0.1) is 0 Å². The summed E-state index contributed by atoms with van der Waals surface area (Å²) >= 11 is 5.95. The van der Waals surface area contributed by atoms with E-state index < -0.39 is 5.76 Å². The summed E-state index contributed by atoms with van der Waals surface area (Å²) in [5.41, 5.74) is 1.42. The predicted molar refractivity (Wildman–Crippen MR) is 72.5 cm³/mol. The molecule has 0 aliphatic heterocycles. The maximum atomic E-state index is 11.8. The first-order chi connectivity index (χ1) is 9.25. The van der Waals surface area contributed by atoms with Gasteiger partial charge in [-0.15, -0.1) is 0 Å². The standard InChI is InChI=1S/C14H9ClN2O2/c15-11-7-4-8-12(9-11)17-13(16-19-14(17)18)10-5-2-1-3-6-10/h1-9H. The highest BCUT2D eigenvalue weighted by molar-refractivity contribution is 6.30. The largest absolute Gasteiger partial charge is 0.446 e. The minimum Gasteiger partial charge on any atom is -0.295 e. The molecule has 0 aliphatic carbocycles. The summed E-state index contributed by atoms with van der Waals surface area (Å²) in [5.74, 6) is -0.0889. The molecule has 2 aromatic carbocycles. The van der Waals surface area contributed by atoms with Crippen molar-refractivity contribution in [2.45, 2.75) is 0 Å². The first-order valence-electron chi connectivity index (χ1n) is 5.66. The van der Waals surface area contributed by atoms with Gasteiger partial charge in [0.15, 0.2) is 5.82 Å². The summed E-state index contributed by atoms with van der Waals surface area (Å²) in [4.78, 5) is 11.8. The van der Waals surface area contributed by atoms with E-state index in [4.69, 9.17) is 16.1 Å². The number of hydrogen-bond donors (Lipinski definition) is 0. The molecule has 5 heteroatoms. The fourth-order valence-electron chi connectivity index (χ4n) is 1.86. The van der Waals surface area contributed by atoms with Gasteiger partial charge < -0.3 is 0 Å². The van der Waals surface area contributed by atoms with Crippen LogP contribution in [-0.4, -0.2) is 9.72 Å². The molecular formula is C14H9ClN2O2. The molecule has 0 atom stereocenters. The first kappa shape index (κ1) is 11.7. The Kier molecular flexibility index (Phi) is 2.93. The van der Waals surface area contributed by atoms with Gasteiger partial charge >= 0.3 is 5.76 Å². The lowest BCUT2D eigenvalue weighted by Crippen LogP contribution is -2.13. The van der Waals surface area contributed by atoms with Crippen molar-refractivity contribution in [2.75, 3.05) is 0 Å². The van der Waals surface area contributed by atoms with Crippen molar-refractivity contribution in [1.82, 2.24) is 9.72 Å². The van der Waals surface area contributed by atoms with E-state index in [0.717, 1.165) is 5.56 Å². The smallest absolute Gasteiger partial charge is 0.295 e. The van der Waals surface area contributed by atoms with Crippen molar-refractivity contribution < 1.29 is 4.52 Å². The second-order valence-electron chi connectivity index (χ2n) is 3.95. The number of hydrogen-bond acceptors (Lipinski definition) is 3. The molecular weight excluding hydrogens is 264 g/mol. The zero-order valence-electron chi connectivity index (χ0n) is 9.79. The maximum Gasteiger partial charge on any atom is 0.446 e. The molecule has 0 saturated carbocycles. The third kappa shape index (κ3) is 2.18. The molecule has 4 nitrogen and oxygen atoms in total. The Hall–Kier alpha value is -2.33. The molecule has 3 aromatic rings. The molecule has 0 bridgehead atoms. The summed E-state index contributed by atoms with van der Waals surface area (Å²) in [6.07, 6.45) is 0. The third-order valence-electron chi connectivity index (χ3n) is 2.70. The van der Waals surface area contributed by atoms with Gasteiger partial charge in [-0.25, -0.2) is 9.36 Å². The molecule has 0 saturated heterocycles. The molecule has 0 radical (unpaired) electrons. The lowest BCUT2D eigenvalue weighted by molar-refractivity contribution is 0.383. The molecule has 0 N–H and O–H groups in total. The lowest BCUT2D eigenvalue weighted by atomic mass is 10.2. The van der Waals surface area contributed by atoms with Crippen molar-refractivity contribution in [3.63, 3.8) is 0 Å². The Morgan fingerprint density at radius 1 is 1.05 bits per heavy atom. The molecule has 0 spiro atoms. The predicted octanol–water partition coefficient (Wildman–Crippen LogP) is 3.15. The van der Waals surface area contributed by atoms with E-state index >= 15 is 0 Å². The van der Waals surface area contributed by atoms with E-state index in [2.05, 4.69) is 5.16 Å². The summed E-state index contributed by atoms with van der Waals surface area (Å²) < 4.78 is 6.15.